The lowest BCUT2D eigenvalue weighted by Crippen LogP contribution is -2.13. The maximum atomic E-state index is 12.1. The number of hydrogen-bond donors (Lipinski definition) is 2. The first kappa shape index (κ1) is 14.3. The fraction of sp³-hybridized carbons (Fsp3) is 0.0625. The van der Waals surface area contributed by atoms with E-state index in [0.717, 1.165) is 5.56 Å². The van der Waals surface area contributed by atoms with E-state index >= 15 is 0 Å². The van der Waals surface area contributed by atoms with Gasteiger partial charge in [-0.1, -0.05) is 17.9 Å². The van der Waals surface area contributed by atoms with Gasteiger partial charge in [-0.2, -0.15) is 5.26 Å². The third-order valence-corrected chi connectivity index (χ3v) is 2.59. The highest BCUT2D eigenvalue weighted by atomic mass is 16.1. The molecule has 5 nitrogen and oxygen atoms in total. The Morgan fingerprint density at radius 3 is 2.90 bits per heavy atom. The Morgan fingerprint density at radius 1 is 1.29 bits per heavy atom. The molecule has 0 radical (unpaired) electrons. The van der Waals surface area contributed by atoms with E-state index in [4.69, 9.17) is 11.0 Å². The van der Waals surface area contributed by atoms with Gasteiger partial charge in [0.25, 0.3) is 5.91 Å². The van der Waals surface area contributed by atoms with Crippen molar-refractivity contribution in [2.45, 2.75) is 0 Å². The molecular weight excluding hydrogens is 264 g/mol. The number of rotatable bonds is 2. The predicted octanol–water partition coefficient (Wildman–Crippen LogP) is 1.52. The van der Waals surface area contributed by atoms with Crippen LogP contribution in [0, 0.1) is 23.2 Å². The minimum atomic E-state index is -0.330. The molecular formula is C16H12N4O. The number of benzene rings is 1. The van der Waals surface area contributed by atoms with Crippen LogP contribution in [0.3, 0.4) is 0 Å². The number of amides is 1. The number of anilines is 1. The van der Waals surface area contributed by atoms with Crippen LogP contribution in [0.2, 0.25) is 0 Å². The summed E-state index contributed by atoms with van der Waals surface area (Å²) in [5.74, 6) is 5.66. The van der Waals surface area contributed by atoms with Crippen molar-refractivity contribution in [2.75, 3.05) is 11.9 Å². The van der Waals surface area contributed by atoms with Crippen LogP contribution in [0.5, 0.6) is 0 Å². The standard InChI is InChI=1S/C16H12N4O/c17-7-2-4-12-6-8-19-15(10-12)20-16(21)14-5-1-3-13(9-14)11-18/h1,3,5-6,8-10H,7,17H2,(H,19,20,21). The number of carbonyl (C=O) groups is 1. The number of nitrogens with one attached hydrogen (secondary N) is 1. The van der Waals surface area contributed by atoms with Crippen molar-refractivity contribution in [3.63, 3.8) is 0 Å². The second-order valence-electron chi connectivity index (χ2n) is 4.08. The van der Waals surface area contributed by atoms with Gasteiger partial charge in [-0.25, -0.2) is 4.98 Å². The monoisotopic (exact) mass is 276 g/mol. The van der Waals surface area contributed by atoms with Gasteiger partial charge in [0.05, 0.1) is 18.2 Å². The van der Waals surface area contributed by atoms with Gasteiger partial charge in [0.15, 0.2) is 0 Å². The summed E-state index contributed by atoms with van der Waals surface area (Å²) < 4.78 is 0. The lowest BCUT2D eigenvalue weighted by Gasteiger charge is -2.05. The molecule has 0 aliphatic carbocycles. The molecule has 2 aromatic rings. The Balaban J connectivity index is 2.17. The van der Waals surface area contributed by atoms with E-state index < -0.39 is 0 Å². The minimum absolute atomic E-state index is 0.269. The van der Waals surface area contributed by atoms with Crippen molar-refractivity contribution in [3.05, 3.63) is 59.3 Å². The molecule has 1 heterocycles. The van der Waals surface area contributed by atoms with Crippen molar-refractivity contribution < 1.29 is 4.79 Å². The molecule has 0 bridgehead atoms. The number of pyridine rings is 1. The Morgan fingerprint density at radius 2 is 2.14 bits per heavy atom. The lowest BCUT2D eigenvalue weighted by atomic mass is 10.1. The molecule has 0 unspecified atom stereocenters. The van der Waals surface area contributed by atoms with Crippen LogP contribution in [0.15, 0.2) is 42.6 Å². The van der Waals surface area contributed by atoms with Crippen LogP contribution in [0.25, 0.3) is 0 Å². The van der Waals surface area contributed by atoms with Crippen LogP contribution >= 0.6 is 0 Å². The second-order valence-corrected chi connectivity index (χ2v) is 4.08. The molecule has 0 aliphatic heterocycles. The SMILES string of the molecule is N#Cc1cccc(C(=O)Nc2cc(C#CCN)ccn2)c1. The van der Waals surface area contributed by atoms with E-state index in [1.54, 1.807) is 36.5 Å². The zero-order valence-electron chi connectivity index (χ0n) is 11.1. The summed E-state index contributed by atoms with van der Waals surface area (Å²) in [4.78, 5) is 16.2. The quantitative estimate of drug-likeness (QED) is 0.813. The van der Waals surface area contributed by atoms with Gasteiger partial charge < -0.3 is 11.1 Å². The zero-order chi connectivity index (χ0) is 15.1. The van der Waals surface area contributed by atoms with E-state index in [1.807, 2.05) is 6.07 Å². The third kappa shape index (κ3) is 3.90. The average Bonchev–Trinajstić information content (AvgIpc) is 2.53. The summed E-state index contributed by atoms with van der Waals surface area (Å²) in [5.41, 5.74) is 6.86. The highest BCUT2D eigenvalue weighted by molar-refractivity contribution is 6.04. The normalized spacial score (nSPS) is 9.14. The fourth-order valence-corrected chi connectivity index (χ4v) is 1.65. The van der Waals surface area contributed by atoms with Gasteiger partial charge in [0.1, 0.15) is 5.82 Å². The Kier molecular flexibility index (Phi) is 4.66. The second kappa shape index (κ2) is 6.85. The van der Waals surface area contributed by atoms with E-state index in [9.17, 15) is 4.79 Å². The van der Waals surface area contributed by atoms with Crippen LogP contribution < -0.4 is 11.1 Å². The average molecular weight is 276 g/mol. The van der Waals surface area contributed by atoms with E-state index in [0.29, 0.717) is 16.9 Å². The molecule has 3 N–H and O–H groups in total. The summed E-state index contributed by atoms with van der Waals surface area (Å²) >= 11 is 0. The van der Waals surface area contributed by atoms with Crippen molar-refractivity contribution in [2.24, 2.45) is 5.73 Å². The third-order valence-electron chi connectivity index (χ3n) is 2.59. The van der Waals surface area contributed by atoms with Gasteiger partial charge in [0, 0.05) is 17.3 Å². The minimum Gasteiger partial charge on any atom is -0.320 e. The summed E-state index contributed by atoms with van der Waals surface area (Å²) in [6.07, 6.45) is 1.56. The van der Waals surface area contributed by atoms with Crippen molar-refractivity contribution in [3.8, 4) is 17.9 Å². The van der Waals surface area contributed by atoms with E-state index in [-0.39, 0.29) is 12.5 Å². The van der Waals surface area contributed by atoms with Gasteiger partial charge >= 0.3 is 0 Å². The lowest BCUT2D eigenvalue weighted by molar-refractivity contribution is 0.102. The molecule has 0 spiro atoms. The Hall–Kier alpha value is -3.15. The first-order valence-electron chi connectivity index (χ1n) is 6.19. The van der Waals surface area contributed by atoms with Crippen LogP contribution in [-0.2, 0) is 0 Å². The molecule has 5 heteroatoms. The Bertz CT molecular complexity index is 766. The molecule has 102 valence electrons. The molecule has 0 fully saturated rings. The summed E-state index contributed by atoms with van der Waals surface area (Å²) in [6, 6.07) is 11.8. The molecule has 1 aromatic heterocycles. The van der Waals surface area contributed by atoms with Gasteiger partial charge in [-0.15, -0.1) is 0 Å². The van der Waals surface area contributed by atoms with E-state index in [1.165, 1.54) is 6.07 Å². The number of nitriles is 1. The number of hydrogen-bond acceptors (Lipinski definition) is 4. The van der Waals surface area contributed by atoms with Gasteiger partial charge in [-0.3, -0.25) is 4.79 Å². The first-order valence-corrected chi connectivity index (χ1v) is 6.19. The molecule has 0 saturated heterocycles. The molecule has 0 atom stereocenters. The first-order chi connectivity index (χ1) is 10.2. The van der Waals surface area contributed by atoms with Crippen molar-refractivity contribution in [1.29, 1.82) is 5.26 Å². The molecule has 1 aromatic carbocycles. The highest BCUT2D eigenvalue weighted by Gasteiger charge is 2.07. The zero-order valence-corrected chi connectivity index (χ0v) is 11.1. The van der Waals surface area contributed by atoms with Crippen molar-refractivity contribution in [1.82, 2.24) is 4.98 Å². The summed E-state index contributed by atoms with van der Waals surface area (Å²) in [5, 5.41) is 11.5. The number of nitrogens with two attached hydrogens (primary N) is 1. The topological polar surface area (TPSA) is 91.8 Å². The largest absolute Gasteiger partial charge is 0.320 e. The fourth-order valence-electron chi connectivity index (χ4n) is 1.65. The molecule has 0 saturated carbocycles. The van der Waals surface area contributed by atoms with Crippen LogP contribution in [0.4, 0.5) is 5.82 Å². The Labute approximate surface area is 122 Å². The summed E-state index contributed by atoms with van der Waals surface area (Å²) in [6.45, 7) is 0.269. The van der Waals surface area contributed by atoms with Crippen LogP contribution in [0.1, 0.15) is 21.5 Å². The van der Waals surface area contributed by atoms with Crippen molar-refractivity contribution >= 4 is 11.7 Å². The molecule has 21 heavy (non-hydrogen) atoms. The maximum Gasteiger partial charge on any atom is 0.256 e. The summed E-state index contributed by atoms with van der Waals surface area (Å²) in [7, 11) is 0. The number of carbonyl (C=O) groups excluding carboxylic acids is 1. The maximum absolute atomic E-state index is 12.1. The molecule has 2 rings (SSSR count). The molecule has 0 aliphatic rings. The number of nitrogens with zero attached hydrogens (tertiary/aromatic N) is 2. The van der Waals surface area contributed by atoms with Gasteiger partial charge in [-0.05, 0) is 30.3 Å². The van der Waals surface area contributed by atoms with Crippen LogP contribution in [-0.4, -0.2) is 17.4 Å². The molecule has 1 amide bonds. The van der Waals surface area contributed by atoms with E-state index in [2.05, 4.69) is 22.1 Å². The van der Waals surface area contributed by atoms with Gasteiger partial charge in [0.2, 0.25) is 0 Å². The predicted molar refractivity (Wildman–Crippen MR) is 79.3 cm³/mol. The smallest absolute Gasteiger partial charge is 0.256 e. The highest BCUT2D eigenvalue weighted by Crippen LogP contribution is 2.10. The number of aromatic nitrogens is 1.